The van der Waals surface area contributed by atoms with Gasteiger partial charge in [0.1, 0.15) is 11.3 Å². The minimum absolute atomic E-state index is 0.393. The number of esters is 1. The van der Waals surface area contributed by atoms with Crippen molar-refractivity contribution in [2.75, 3.05) is 27.3 Å². The van der Waals surface area contributed by atoms with Gasteiger partial charge in [0.05, 0.1) is 14.2 Å². The van der Waals surface area contributed by atoms with Gasteiger partial charge in [0, 0.05) is 42.8 Å². The maximum atomic E-state index is 12.4. The molecule has 1 N–H and O–H groups in total. The molecule has 0 saturated carbocycles. The summed E-state index contributed by atoms with van der Waals surface area (Å²) < 4.78 is 12.8. The van der Waals surface area contributed by atoms with Crippen molar-refractivity contribution >= 4 is 16.9 Å². The molecule has 5 nitrogen and oxygen atoms in total. The molecule has 0 atom stereocenters. The number of hydrogen-bond donors (Lipinski definition) is 1. The molecule has 5 heteroatoms. The number of carbonyl (C=O) groups excluding carboxylic acids is 1. The van der Waals surface area contributed by atoms with Gasteiger partial charge >= 0.3 is 5.97 Å². The lowest BCUT2D eigenvalue weighted by molar-refractivity contribution is 0.0598. The van der Waals surface area contributed by atoms with E-state index < -0.39 is 5.97 Å². The van der Waals surface area contributed by atoms with E-state index in [4.69, 9.17) is 9.47 Å². The van der Waals surface area contributed by atoms with Crippen LogP contribution >= 0.6 is 0 Å². The lowest BCUT2D eigenvalue weighted by Gasteiger charge is -2.13. The van der Waals surface area contributed by atoms with E-state index in [0.29, 0.717) is 11.3 Å². The second-order valence-electron chi connectivity index (χ2n) is 6.44. The van der Waals surface area contributed by atoms with E-state index in [9.17, 15) is 4.79 Å². The molecule has 1 aliphatic rings. The highest BCUT2D eigenvalue weighted by Gasteiger charge is 2.20. The van der Waals surface area contributed by atoms with Crippen molar-refractivity contribution in [3.05, 3.63) is 53.7 Å². The highest BCUT2D eigenvalue weighted by molar-refractivity contribution is 6.01. The molecular weight excluding hydrogens is 328 g/mol. The molecule has 0 fully saturated rings. The number of carbonyl (C=O) groups is 1. The van der Waals surface area contributed by atoms with Crippen LogP contribution in [0, 0.1) is 0 Å². The predicted octanol–water partition coefficient (Wildman–Crippen LogP) is 3.25. The van der Waals surface area contributed by atoms with Gasteiger partial charge in [0.15, 0.2) is 0 Å². The number of fused-ring (bicyclic) bond motifs is 3. The van der Waals surface area contributed by atoms with Crippen LogP contribution < -0.4 is 10.1 Å². The molecule has 0 amide bonds. The van der Waals surface area contributed by atoms with Gasteiger partial charge in [-0.15, -0.1) is 0 Å². The van der Waals surface area contributed by atoms with E-state index in [1.54, 1.807) is 13.2 Å². The number of aromatic nitrogens is 1. The van der Waals surface area contributed by atoms with Crippen molar-refractivity contribution in [1.29, 1.82) is 0 Å². The third kappa shape index (κ3) is 2.74. The summed E-state index contributed by atoms with van der Waals surface area (Å²) in [5.74, 6) is 0.128. The van der Waals surface area contributed by atoms with Gasteiger partial charge in [-0.05, 0) is 29.1 Å². The Bertz CT molecular complexity index is 975. The summed E-state index contributed by atoms with van der Waals surface area (Å²) in [5.41, 5.74) is 4.80. The predicted molar refractivity (Wildman–Crippen MR) is 102 cm³/mol. The Morgan fingerprint density at radius 2 is 2.00 bits per heavy atom. The van der Waals surface area contributed by atoms with E-state index >= 15 is 0 Å². The van der Waals surface area contributed by atoms with E-state index in [2.05, 4.69) is 34.1 Å². The molecule has 0 unspecified atom stereocenters. The molecule has 1 aliphatic heterocycles. The zero-order chi connectivity index (χ0) is 18.1. The number of methoxy groups -OCH3 is 2. The Morgan fingerprint density at radius 3 is 2.81 bits per heavy atom. The van der Waals surface area contributed by atoms with Gasteiger partial charge in [-0.3, -0.25) is 0 Å². The van der Waals surface area contributed by atoms with E-state index in [1.165, 1.54) is 23.7 Å². The molecule has 3 aromatic rings. The van der Waals surface area contributed by atoms with Gasteiger partial charge in [-0.25, -0.2) is 4.79 Å². The quantitative estimate of drug-likeness (QED) is 0.737. The van der Waals surface area contributed by atoms with Gasteiger partial charge in [0.25, 0.3) is 0 Å². The molecule has 2 heterocycles. The fraction of sp³-hybridized carbons (Fsp3) is 0.286. The van der Waals surface area contributed by atoms with Crippen molar-refractivity contribution in [2.24, 2.45) is 0 Å². The number of ether oxygens (including phenoxy) is 2. The second kappa shape index (κ2) is 6.84. The molecule has 0 bridgehead atoms. The SMILES string of the molecule is COC(=O)c1c(OC)cccc1-c1ccc2cc3n(c2c1)CCNCC3. The molecule has 0 aliphatic carbocycles. The van der Waals surface area contributed by atoms with Crippen LogP contribution in [0.1, 0.15) is 16.1 Å². The average molecular weight is 350 g/mol. The molecular formula is C21H22N2O3. The fourth-order valence-electron chi connectivity index (χ4n) is 3.74. The number of benzene rings is 2. The normalized spacial score (nSPS) is 13.9. The molecule has 0 saturated heterocycles. The largest absolute Gasteiger partial charge is 0.496 e. The molecule has 26 heavy (non-hydrogen) atoms. The molecule has 0 radical (unpaired) electrons. The molecule has 2 aromatic carbocycles. The van der Waals surface area contributed by atoms with E-state index in [1.807, 2.05) is 12.1 Å². The summed E-state index contributed by atoms with van der Waals surface area (Å²) in [7, 11) is 2.95. The van der Waals surface area contributed by atoms with E-state index in [-0.39, 0.29) is 0 Å². The molecule has 0 spiro atoms. The first-order valence-corrected chi connectivity index (χ1v) is 8.81. The average Bonchev–Trinajstić information content (AvgIpc) is 2.86. The third-order valence-electron chi connectivity index (χ3n) is 5.01. The first-order chi connectivity index (χ1) is 12.7. The van der Waals surface area contributed by atoms with Crippen LogP contribution in [-0.4, -0.2) is 37.8 Å². The Balaban J connectivity index is 1.90. The maximum absolute atomic E-state index is 12.4. The van der Waals surface area contributed by atoms with Crippen LogP contribution in [0.4, 0.5) is 0 Å². The minimum atomic E-state index is -0.393. The van der Waals surface area contributed by atoms with Crippen LogP contribution in [0.25, 0.3) is 22.0 Å². The van der Waals surface area contributed by atoms with Gasteiger partial charge < -0.3 is 19.4 Å². The summed E-state index contributed by atoms with van der Waals surface area (Å²) in [6.45, 7) is 2.92. The van der Waals surface area contributed by atoms with Crippen molar-refractivity contribution in [2.45, 2.75) is 13.0 Å². The molecule has 1 aromatic heterocycles. The summed E-state index contributed by atoms with van der Waals surface area (Å²) in [6.07, 6.45) is 1.02. The lowest BCUT2D eigenvalue weighted by atomic mass is 9.98. The second-order valence-corrected chi connectivity index (χ2v) is 6.44. The van der Waals surface area contributed by atoms with Crippen LogP contribution in [0.5, 0.6) is 5.75 Å². The van der Waals surface area contributed by atoms with E-state index in [0.717, 1.165) is 37.2 Å². The lowest BCUT2D eigenvalue weighted by Crippen LogP contribution is -2.17. The first kappa shape index (κ1) is 16.7. The van der Waals surface area contributed by atoms with Gasteiger partial charge in [-0.2, -0.15) is 0 Å². The number of hydrogen-bond acceptors (Lipinski definition) is 4. The van der Waals surface area contributed by atoms with Gasteiger partial charge in [0.2, 0.25) is 0 Å². The minimum Gasteiger partial charge on any atom is -0.496 e. The highest BCUT2D eigenvalue weighted by atomic mass is 16.5. The Labute approximate surface area is 152 Å². The third-order valence-corrected chi connectivity index (χ3v) is 5.01. The zero-order valence-electron chi connectivity index (χ0n) is 15.0. The zero-order valence-corrected chi connectivity index (χ0v) is 15.0. The topological polar surface area (TPSA) is 52.5 Å². The Morgan fingerprint density at radius 1 is 1.12 bits per heavy atom. The van der Waals surface area contributed by atoms with Crippen LogP contribution in [-0.2, 0) is 17.7 Å². The number of rotatable bonds is 3. The van der Waals surface area contributed by atoms with Crippen molar-refractivity contribution in [3.8, 4) is 16.9 Å². The highest BCUT2D eigenvalue weighted by Crippen LogP contribution is 2.34. The van der Waals surface area contributed by atoms with Crippen LogP contribution in [0.3, 0.4) is 0 Å². The molecule has 4 rings (SSSR count). The summed E-state index contributed by atoms with van der Waals surface area (Å²) in [4.78, 5) is 12.4. The van der Waals surface area contributed by atoms with Gasteiger partial charge in [-0.1, -0.05) is 24.3 Å². The maximum Gasteiger partial charge on any atom is 0.342 e. The first-order valence-electron chi connectivity index (χ1n) is 8.81. The number of nitrogens with one attached hydrogen (secondary N) is 1. The summed E-state index contributed by atoms with van der Waals surface area (Å²) in [5, 5.41) is 4.67. The van der Waals surface area contributed by atoms with Crippen molar-refractivity contribution in [3.63, 3.8) is 0 Å². The van der Waals surface area contributed by atoms with Crippen molar-refractivity contribution in [1.82, 2.24) is 9.88 Å². The fourth-order valence-corrected chi connectivity index (χ4v) is 3.74. The summed E-state index contributed by atoms with van der Waals surface area (Å²) in [6, 6.07) is 14.2. The summed E-state index contributed by atoms with van der Waals surface area (Å²) >= 11 is 0. The standard InChI is InChI=1S/C21H22N2O3/c1-25-19-5-3-4-17(20(19)21(24)26-2)14-6-7-15-12-16-8-9-22-10-11-23(16)18(15)13-14/h3-7,12-13,22H,8-11H2,1-2H3. The smallest absolute Gasteiger partial charge is 0.342 e. The monoisotopic (exact) mass is 350 g/mol. The van der Waals surface area contributed by atoms with Crippen LogP contribution in [0.15, 0.2) is 42.5 Å². The van der Waals surface area contributed by atoms with Crippen molar-refractivity contribution < 1.29 is 14.3 Å². The Hall–Kier alpha value is -2.79. The Kier molecular flexibility index (Phi) is 4.39. The molecule has 134 valence electrons. The van der Waals surface area contributed by atoms with Crippen LogP contribution in [0.2, 0.25) is 0 Å². The number of nitrogens with zero attached hydrogens (tertiary/aromatic N) is 1.